The largest absolute Gasteiger partial charge is 0.394 e. The number of rotatable bonds is 6. The van der Waals surface area contributed by atoms with Crippen LogP contribution in [-0.4, -0.2) is 48.1 Å². The smallest absolute Gasteiger partial charge is 0.246 e. The van der Waals surface area contributed by atoms with E-state index < -0.39 is 6.10 Å². The standard InChI is InChI=1S/C8H17NO4/c1-6(2)13-5-8(12)9-3-7(11)4-10/h6-7,10-11H,3-5H2,1-2H3,(H,9,12). The van der Waals surface area contributed by atoms with E-state index >= 15 is 0 Å². The highest BCUT2D eigenvalue weighted by Gasteiger charge is 2.06. The molecule has 0 aliphatic heterocycles. The molecule has 0 radical (unpaired) electrons. The van der Waals surface area contributed by atoms with E-state index in [0.29, 0.717) is 0 Å². The molecule has 5 heteroatoms. The highest BCUT2D eigenvalue weighted by molar-refractivity contribution is 5.77. The van der Waals surface area contributed by atoms with Crippen molar-refractivity contribution in [2.75, 3.05) is 19.8 Å². The fourth-order valence-electron chi connectivity index (χ4n) is 0.590. The zero-order valence-electron chi connectivity index (χ0n) is 7.99. The lowest BCUT2D eigenvalue weighted by Crippen LogP contribution is -2.36. The van der Waals surface area contributed by atoms with Gasteiger partial charge in [0.15, 0.2) is 0 Å². The Labute approximate surface area is 77.7 Å². The predicted molar refractivity (Wildman–Crippen MR) is 47.2 cm³/mol. The Morgan fingerprint density at radius 2 is 2.15 bits per heavy atom. The van der Waals surface area contributed by atoms with Crippen molar-refractivity contribution < 1.29 is 19.7 Å². The van der Waals surface area contributed by atoms with Crippen LogP contribution in [-0.2, 0) is 9.53 Å². The van der Waals surface area contributed by atoms with Crippen LogP contribution in [0.3, 0.4) is 0 Å². The zero-order valence-corrected chi connectivity index (χ0v) is 7.99. The maximum absolute atomic E-state index is 10.9. The molecule has 1 atom stereocenters. The van der Waals surface area contributed by atoms with Crippen molar-refractivity contribution in [3.05, 3.63) is 0 Å². The van der Waals surface area contributed by atoms with Gasteiger partial charge < -0.3 is 20.3 Å². The second-order valence-electron chi connectivity index (χ2n) is 3.00. The molecule has 0 saturated carbocycles. The van der Waals surface area contributed by atoms with Crippen LogP contribution in [0.4, 0.5) is 0 Å². The van der Waals surface area contributed by atoms with Gasteiger partial charge in [0.25, 0.3) is 0 Å². The molecule has 0 heterocycles. The molecule has 0 bridgehead atoms. The summed E-state index contributed by atoms with van der Waals surface area (Å²) >= 11 is 0. The Bertz CT molecular complexity index is 149. The van der Waals surface area contributed by atoms with Crippen molar-refractivity contribution in [1.82, 2.24) is 5.32 Å². The topological polar surface area (TPSA) is 78.8 Å². The van der Waals surface area contributed by atoms with E-state index in [-0.39, 0.29) is 31.8 Å². The third-order valence-electron chi connectivity index (χ3n) is 1.29. The number of nitrogens with one attached hydrogen (secondary N) is 1. The van der Waals surface area contributed by atoms with Gasteiger partial charge in [-0.3, -0.25) is 4.79 Å². The molecule has 5 nitrogen and oxygen atoms in total. The van der Waals surface area contributed by atoms with Crippen molar-refractivity contribution >= 4 is 5.91 Å². The summed E-state index contributed by atoms with van der Waals surface area (Å²) < 4.78 is 5.01. The molecule has 0 aromatic rings. The molecular formula is C8H17NO4. The summed E-state index contributed by atoms with van der Waals surface area (Å²) in [7, 11) is 0. The van der Waals surface area contributed by atoms with Crippen LogP contribution >= 0.6 is 0 Å². The average molecular weight is 191 g/mol. The van der Waals surface area contributed by atoms with Gasteiger partial charge in [0.05, 0.1) is 18.8 Å². The molecule has 0 aromatic heterocycles. The van der Waals surface area contributed by atoms with E-state index in [0.717, 1.165) is 0 Å². The Balaban J connectivity index is 3.40. The summed E-state index contributed by atoms with van der Waals surface area (Å²) in [5.74, 6) is -0.291. The van der Waals surface area contributed by atoms with Crippen molar-refractivity contribution in [1.29, 1.82) is 0 Å². The number of carbonyl (C=O) groups is 1. The third-order valence-corrected chi connectivity index (χ3v) is 1.29. The van der Waals surface area contributed by atoms with Crippen molar-refractivity contribution in [2.24, 2.45) is 0 Å². The quantitative estimate of drug-likeness (QED) is 0.497. The van der Waals surface area contributed by atoms with Gasteiger partial charge in [0.2, 0.25) is 5.91 Å². The second kappa shape index (κ2) is 6.82. The lowest BCUT2D eigenvalue weighted by Gasteiger charge is -2.10. The summed E-state index contributed by atoms with van der Waals surface area (Å²) in [5, 5.41) is 19.7. The lowest BCUT2D eigenvalue weighted by atomic mass is 10.4. The summed E-state index contributed by atoms with van der Waals surface area (Å²) in [4.78, 5) is 10.9. The van der Waals surface area contributed by atoms with E-state index in [1.807, 2.05) is 13.8 Å². The molecule has 0 spiro atoms. The summed E-state index contributed by atoms with van der Waals surface area (Å²) in [6.07, 6.45) is -0.892. The first-order valence-corrected chi connectivity index (χ1v) is 4.23. The number of hydrogen-bond donors (Lipinski definition) is 3. The number of carbonyl (C=O) groups excluding carboxylic acids is 1. The average Bonchev–Trinajstić information content (AvgIpc) is 2.10. The number of aliphatic hydroxyl groups excluding tert-OH is 2. The summed E-state index contributed by atoms with van der Waals surface area (Å²) in [6.45, 7) is 3.34. The molecule has 3 N–H and O–H groups in total. The van der Waals surface area contributed by atoms with Crippen molar-refractivity contribution in [3.63, 3.8) is 0 Å². The van der Waals surface area contributed by atoms with Gasteiger partial charge in [-0.2, -0.15) is 0 Å². The lowest BCUT2D eigenvalue weighted by molar-refractivity contribution is -0.127. The summed E-state index contributed by atoms with van der Waals surface area (Å²) in [6, 6.07) is 0. The number of ether oxygens (including phenoxy) is 1. The Morgan fingerprint density at radius 3 is 2.62 bits per heavy atom. The first-order valence-electron chi connectivity index (χ1n) is 4.23. The van der Waals surface area contributed by atoms with E-state index in [2.05, 4.69) is 5.32 Å². The molecule has 0 saturated heterocycles. The van der Waals surface area contributed by atoms with Crippen LogP contribution in [0, 0.1) is 0 Å². The molecule has 1 amide bonds. The molecule has 78 valence electrons. The van der Waals surface area contributed by atoms with Gasteiger partial charge in [-0.05, 0) is 13.8 Å². The molecule has 0 fully saturated rings. The van der Waals surface area contributed by atoms with E-state index in [1.165, 1.54) is 0 Å². The number of hydrogen-bond acceptors (Lipinski definition) is 4. The van der Waals surface area contributed by atoms with Crippen LogP contribution < -0.4 is 5.32 Å². The maximum atomic E-state index is 10.9. The normalized spacial score (nSPS) is 13.0. The number of aliphatic hydroxyl groups is 2. The van der Waals surface area contributed by atoms with Crippen LogP contribution in [0.15, 0.2) is 0 Å². The maximum Gasteiger partial charge on any atom is 0.246 e. The zero-order chi connectivity index (χ0) is 10.3. The Morgan fingerprint density at radius 1 is 1.54 bits per heavy atom. The Hall–Kier alpha value is -0.650. The van der Waals surface area contributed by atoms with Crippen LogP contribution in [0.25, 0.3) is 0 Å². The summed E-state index contributed by atoms with van der Waals surface area (Å²) in [5.41, 5.74) is 0. The van der Waals surface area contributed by atoms with Crippen LogP contribution in [0.2, 0.25) is 0 Å². The molecular weight excluding hydrogens is 174 g/mol. The fraction of sp³-hybridized carbons (Fsp3) is 0.875. The highest BCUT2D eigenvalue weighted by Crippen LogP contribution is 1.86. The third kappa shape index (κ3) is 7.70. The SMILES string of the molecule is CC(C)OCC(=O)NCC(O)CO. The van der Waals surface area contributed by atoms with Crippen molar-refractivity contribution in [2.45, 2.75) is 26.1 Å². The van der Waals surface area contributed by atoms with Crippen LogP contribution in [0.5, 0.6) is 0 Å². The molecule has 1 unspecified atom stereocenters. The van der Waals surface area contributed by atoms with Gasteiger partial charge in [-0.25, -0.2) is 0 Å². The molecule has 0 aliphatic rings. The van der Waals surface area contributed by atoms with Crippen molar-refractivity contribution in [3.8, 4) is 0 Å². The van der Waals surface area contributed by atoms with Gasteiger partial charge in [-0.1, -0.05) is 0 Å². The van der Waals surface area contributed by atoms with Gasteiger partial charge in [0, 0.05) is 6.54 Å². The predicted octanol–water partition coefficient (Wildman–Crippen LogP) is -1.12. The first kappa shape index (κ1) is 12.3. The molecule has 13 heavy (non-hydrogen) atoms. The second-order valence-corrected chi connectivity index (χ2v) is 3.00. The minimum atomic E-state index is -0.900. The van der Waals surface area contributed by atoms with Gasteiger partial charge in [-0.15, -0.1) is 0 Å². The van der Waals surface area contributed by atoms with Crippen LogP contribution in [0.1, 0.15) is 13.8 Å². The van der Waals surface area contributed by atoms with E-state index in [9.17, 15) is 4.79 Å². The van der Waals surface area contributed by atoms with Gasteiger partial charge in [0.1, 0.15) is 6.61 Å². The minimum absolute atomic E-state index is 0.00788. The highest BCUT2D eigenvalue weighted by atomic mass is 16.5. The molecule has 0 rings (SSSR count). The van der Waals surface area contributed by atoms with Gasteiger partial charge >= 0.3 is 0 Å². The minimum Gasteiger partial charge on any atom is -0.394 e. The fourth-order valence-corrected chi connectivity index (χ4v) is 0.590. The van der Waals surface area contributed by atoms with E-state index in [1.54, 1.807) is 0 Å². The number of amides is 1. The monoisotopic (exact) mass is 191 g/mol. The molecule has 0 aliphatic carbocycles. The first-order chi connectivity index (χ1) is 6.06. The Kier molecular flexibility index (Phi) is 6.48. The van der Waals surface area contributed by atoms with E-state index in [4.69, 9.17) is 14.9 Å². The molecule has 0 aromatic carbocycles.